The van der Waals surface area contributed by atoms with Crippen molar-refractivity contribution in [2.24, 2.45) is 0 Å². The van der Waals surface area contributed by atoms with Gasteiger partial charge in [-0.05, 0) is 12.1 Å². The van der Waals surface area contributed by atoms with Crippen molar-refractivity contribution in [2.75, 3.05) is 5.73 Å². The van der Waals surface area contributed by atoms with Crippen LogP contribution < -0.4 is 5.73 Å². The molecule has 5 nitrogen and oxygen atoms in total. The molecule has 1 rings (SSSR count). The number of Topliss-reactive ketones (excluding diaryl/α,β-unsaturated/α-hetero) is 1. The number of para-hydroxylation sites is 1. The molecule has 0 atom stereocenters. The van der Waals surface area contributed by atoms with Crippen LogP contribution in [0, 0.1) is 0 Å². The van der Waals surface area contributed by atoms with Crippen LogP contribution in [-0.4, -0.2) is 23.1 Å². The number of carbonyl (C=O) groups excluding carboxylic acids is 2. The predicted octanol–water partition coefficient (Wildman–Crippen LogP) is 0.739. The van der Waals surface area contributed by atoms with E-state index in [0.717, 1.165) is 0 Å². The van der Waals surface area contributed by atoms with Gasteiger partial charge in [0.15, 0.2) is 5.78 Å². The quantitative estimate of drug-likeness (QED) is 0.328. The molecule has 0 spiro atoms. The van der Waals surface area contributed by atoms with Crippen LogP contribution in [0.15, 0.2) is 18.2 Å². The second-order valence-electron chi connectivity index (χ2n) is 2.87. The molecule has 0 bridgehead atoms. The summed E-state index contributed by atoms with van der Waals surface area (Å²) in [5, 5.41) is 8.74. The zero-order chi connectivity index (χ0) is 11.4. The van der Waals surface area contributed by atoms with Crippen LogP contribution in [-0.2, 0) is 4.79 Å². The Morgan fingerprint density at radius 2 is 1.93 bits per heavy atom. The number of hydrogen-bond acceptors (Lipinski definition) is 4. The van der Waals surface area contributed by atoms with Crippen LogP contribution in [0.4, 0.5) is 5.69 Å². The van der Waals surface area contributed by atoms with E-state index in [0.29, 0.717) is 6.29 Å². The number of hydrogen-bond donors (Lipinski definition) is 2. The van der Waals surface area contributed by atoms with Crippen molar-refractivity contribution >= 4 is 23.7 Å². The normalized spacial score (nSPS) is 9.60. The lowest BCUT2D eigenvalue weighted by atomic mass is 10.0. The lowest BCUT2D eigenvalue weighted by Gasteiger charge is -2.05. The predicted molar refractivity (Wildman–Crippen MR) is 52.8 cm³/mol. The number of nitrogens with two attached hydrogens (primary N) is 1. The van der Waals surface area contributed by atoms with Crippen molar-refractivity contribution < 1.29 is 19.5 Å². The second kappa shape index (κ2) is 4.36. The van der Waals surface area contributed by atoms with Crippen LogP contribution in [0.2, 0.25) is 0 Å². The van der Waals surface area contributed by atoms with E-state index in [2.05, 4.69) is 0 Å². The molecule has 0 unspecified atom stereocenters. The van der Waals surface area contributed by atoms with Gasteiger partial charge in [0.05, 0.1) is 17.7 Å². The lowest BCUT2D eigenvalue weighted by Crippen LogP contribution is -2.09. The minimum absolute atomic E-state index is 0.0713. The van der Waals surface area contributed by atoms with Gasteiger partial charge in [-0.25, -0.2) is 4.79 Å². The first-order chi connectivity index (χ1) is 7.07. The van der Waals surface area contributed by atoms with E-state index in [4.69, 9.17) is 10.8 Å². The molecule has 1 aromatic rings. The van der Waals surface area contributed by atoms with Gasteiger partial charge in [-0.15, -0.1) is 0 Å². The maximum atomic E-state index is 11.3. The van der Waals surface area contributed by atoms with Crippen LogP contribution in [0.25, 0.3) is 0 Å². The monoisotopic (exact) mass is 207 g/mol. The molecular formula is C10H9NO4. The molecule has 3 N–H and O–H groups in total. The van der Waals surface area contributed by atoms with Crippen molar-refractivity contribution in [1.82, 2.24) is 0 Å². The number of rotatable bonds is 4. The summed E-state index contributed by atoms with van der Waals surface area (Å²) < 4.78 is 0. The number of nitrogen functional groups attached to an aromatic ring is 1. The van der Waals surface area contributed by atoms with E-state index in [1.54, 1.807) is 0 Å². The van der Waals surface area contributed by atoms with Crippen LogP contribution in [0.5, 0.6) is 0 Å². The molecule has 15 heavy (non-hydrogen) atoms. The fourth-order valence-electron chi connectivity index (χ4n) is 1.18. The van der Waals surface area contributed by atoms with Gasteiger partial charge >= 0.3 is 5.97 Å². The summed E-state index contributed by atoms with van der Waals surface area (Å²) in [7, 11) is 0. The molecule has 78 valence electrons. The summed E-state index contributed by atoms with van der Waals surface area (Å²) >= 11 is 0. The van der Waals surface area contributed by atoms with E-state index >= 15 is 0 Å². The van der Waals surface area contributed by atoms with Crippen molar-refractivity contribution in [3.05, 3.63) is 29.3 Å². The van der Waals surface area contributed by atoms with E-state index in [9.17, 15) is 14.4 Å². The molecule has 0 amide bonds. The van der Waals surface area contributed by atoms with Gasteiger partial charge in [0.1, 0.15) is 6.29 Å². The number of ketones is 1. The van der Waals surface area contributed by atoms with Gasteiger partial charge in [0, 0.05) is 5.56 Å². The number of aldehydes is 1. The summed E-state index contributed by atoms with van der Waals surface area (Å²) in [4.78, 5) is 32.2. The first kappa shape index (κ1) is 10.9. The maximum absolute atomic E-state index is 11.3. The van der Waals surface area contributed by atoms with E-state index < -0.39 is 11.8 Å². The number of benzene rings is 1. The van der Waals surface area contributed by atoms with E-state index in [1.807, 2.05) is 0 Å². The number of carbonyl (C=O) groups is 3. The number of carboxylic acids is 1. The largest absolute Gasteiger partial charge is 0.478 e. The zero-order valence-corrected chi connectivity index (χ0v) is 7.77. The summed E-state index contributed by atoms with van der Waals surface area (Å²) in [5.41, 5.74) is 5.34. The Bertz CT molecular complexity index is 425. The number of aromatic carboxylic acids is 1. The topological polar surface area (TPSA) is 97.5 Å². The van der Waals surface area contributed by atoms with E-state index in [-0.39, 0.29) is 23.2 Å². The molecule has 0 aromatic heterocycles. The number of anilines is 1. The molecule has 0 fully saturated rings. The average Bonchev–Trinajstić information content (AvgIpc) is 2.17. The lowest BCUT2D eigenvalue weighted by molar-refractivity contribution is -0.107. The molecule has 0 aliphatic rings. The summed E-state index contributed by atoms with van der Waals surface area (Å²) in [5.74, 6) is -1.68. The van der Waals surface area contributed by atoms with Gasteiger partial charge in [-0.2, -0.15) is 0 Å². The Hall–Kier alpha value is -2.17. The average molecular weight is 207 g/mol. The molecule has 1 aromatic carbocycles. The Morgan fingerprint density at radius 3 is 2.47 bits per heavy atom. The Balaban J connectivity index is 3.20. The van der Waals surface area contributed by atoms with Crippen molar-refractivity contribution in [2.45, 2.75) is 6.42 Å². The molecule has 0 heterocycles. The van der Waals surface area contributed by atoms with Crippen LogP contribution in [0.1, 0.15) is 27.1 Å². The van der Waals surface area contributed by atoms with Gasteiger partial charge in [-0.3, -0.25) is 4.79 Å². The summed E-state index contributed by atoms with van der Waals surface area (Å²) in [6.45, 7) is 0. The van der Waals surface area contributed by atoms with Gasteiger partial charge in [-0.1, -0.05) is 6.07 Å². The fourth-order valence-corrected chi connectivity index (χ4v) is 1.18. The Labute approximate surface area is 85.5 Å². The molecule has 0 aliphatic heterocycles. The fraction of sp³-hybridized carbons (Fsp3) is 0.100. The maximum Gasteiger partial charge on any atom is 0.337 e. The van der Waals surface area contributed by atoms with Gasteiger partial charge in [0.2, 0.25) is 0 Å². The van der Waals surface area contributed by atoms with E-state index in [1.165, 1.54) is 18.2 Å². The molecule has 0 aliphatic carbocycles. The van der Waals surface area contributed by atoms with Crippen LogP contribution >= 0.6 is 0 Å². The third-order valence-electron chi connectivity index (χ3n) is 1.91. The molecule has 0 radical (unpaired) electrons. The highest BCUT2D eigenvalue weighted by molar-refractivity contribution is 6.09. The highest BCUT2D eigenvalue weighted by Crippen LogP contribution is 2.18. The molecule has 5 heteroatoms. The zero-order valence-electron chi connectivity index (χ0n) is 7.77. The highest BCUT2D eigenvalue weighted by atomic mass is 16.4. The third kappa shape index (κ3) is 2.19. The summed E-state index contributed by atoms with van der Waals surface area (Å²) in [6.07, 6.45) is 0.155. The standard InChI is InChI=1S/C10H9NO4/c11-9-6(8(13)4-5-12)2-1-3-7(9)10(14)15/h1-3,5H,4,11H2,(H,14,15). The van der Waals surface area contributed by atoms with Gasteiger partial charge < -0.3 is 15.6 Å². The van der Waals surface area contributed by atoms with Crippen molar-refractivity contribution in [1.29, 1.82) is 0 Å². The van der Waals surface area contributed by atoms with Crippen molar-refractivity contribution in [3.63, 3.8) is 0 Å². The first-order valence-corrected chi connectivity index (χ1v) is 4.16. The Morgan fingerprint density at radius 1 is 1.33 bits per heavy atom. The molecule has 0 saturated heterocycles. The van der Waals surface area contributed by atoms with Crippen LogP contribution in [0.3, 0.4) is 0 Å². The summed E-state index contributed by atoms with van der Waals surface area (Å²) in [6, 6.07) is 4.11. The Kier molecular flexibility index (Phi) is 3.17. The third-order valence-corrected chi connectivity index (χ3v) is 1.91. The van der Waals surface area contributed by atoms with Gasteiger partial charge in [0.25, 0.3) is 0 Å². The second-order valence-corrected chi connectivity index (χ2v) is 2.87. The smallest absolute Gasteiger partial charge is 0.337 e. The minimum atomic E-state index is -1.20. The SMILES string of the molecule is Nc1c(C(=O)O)cccc1C(=O)CC=O. The molecular weight excluding hydrogens is 198 g/mol. The number of carboxylic acid groups (broad SMARTS) is 1. The minimum Gasteiger partial charge on any atom is -0.478 e. The first-order valence-electron chi connectivity index (χ1n) is 4.16. The highest BCUT2D eigenvalue weighted by Gasteiger charge is 2.15. The molecule has 0 saturated carbocycles. The van der Waals surface area contributed by atoms with Crippen molar-refractivity contribution in [3.8, 4) is 0 Å².